The molecule has 25 heavy (non-hydrogen) atoms. The first-order valence-electron chi connectivity index (χ1n) is 7.98. The largest absolute Gasteiger partial charge is 0.484 e. The molecule has 0 amide bonds. The Labute approximate surface area is 144 Å². The van der Waals surface area contributed by atoms with E-state index in [0.717, 1.165) is 29.7 Å². The van der Waals surface area contributed by atoms with Crippen LogP contribution in [0.5, 0.6) is 5.75 Å². The van der Waals surface area contributed by atoms with Gasteiger partial charge in [-0.1, -0.05) is 30.3 Å². The molecule has 0 bridgehead atoms. The van der Waals surface area contributed by atoms with Gasteiger partial charge < -0.3 is 4.74 Å². The van der Waals surface area contributed by atoms with Gasteiger partial charge >= 0.3 is 6.18 Å². The Kier molecular flexibility index (Phi) is 4.95. The van der Waals surface area contributed by atoms with Crippen LogP contribution in [0, 0.1) is 11.3 Å². The van der Waals surface area contributed by atoms with Crippen molar-refractivity contribution in [1.29, 1.82) is 5.26 Å². The SMILES string of the molecule is N#CCN1CCc2ccccc2C(Oc2cccc(C(F)(F)F)c2)C1. The smallest absolute Gasteiger partial charge is 0.416 e. The molecule has 3 rings (SSSR count). The van der Waals surface area contributed by atoms with Crippen LogP contribution in [0.4, 0.5) is 13.2 Å². The van der Waals surface area contributed by atoms with E-state index in [1.54, 1.807) is 0 Å². The molecule has 0 aliphatic carbocycles. The van der Waals surface area contributed by atoms with Gasteiger partial charge in [-0.05, 0) is 35.7 Å². The van der Waals surface area contributed by atoms with Crippen LogP contribution in [0.25, 0.3) is 0 Å². The van der Waals surface area contributed by atoms with Crippen molar-refractivity contribution in [2.45, 2.75) is 18.7 Å². The fourth-order valence-corrected chi connectivity index (χ4v) is 3.03. The van der Waals surface area contributed by atoms with Crippen molar-refractivity contribution >= 4 is 0 Å². The number of hydrogen-bond donors (Lipinski definition) is 0. The van der Waals surface area contributed by atoms with Crippen LogP contribution >= 0.6 is 0 Å². The first-order chi connectivity index (χ1) is 12.0. The van der Waals surface area contributed by atoms with Crippen LogP contribution in [-0.2, 0) is 12.6 Å². The summed E-state index contributed by atoms with van der Waals surface area (Å²) in [4.78, 5) is 1.96. The molecule has 2 aromatic carbocycles. The van der Waals surface area contributed by atoms with Gasteiger partial charge in [0, 0.05) is 13.1 Å². The first kappa shape index (κ1) is 17.3. The highest BCUT2D eigenvalue weighted by Gasteiger charge is 2.31. The summed E-state index contributed by atoms with van der Waals surface area (Å²) < 4.78 is 44.7. The molecule has 1 aliphatic heterocycles. The van der Waals surface area contributed by atoms with E-state index in [1.165, 1.54) is 12.1 Å². The standard InChI is InChI=1S/C19H17F3N2O/c20-19(21,22)15-5-3-6-16(12-15)25-18-13-24(11-9-23)10-8-14-4-1-2-7-17(14)18/h1-7,12,18H,8,10-11,13H2. The number of halogens is 3. The summed E-state index contributed by atoms with van der Waals surface area (Å²) in [6, 6.07) is 14.8. The molecule has 0 N–H and O–H groups in total. The van der Waals surface area contributed by atoms with Crippen LogP contribution in [0.15, 0.2) is 48.5 Å². The Morgan fingerprint density at radius 3 is 2.72 bits per heavy atom. The van der Waals surface area contributed by atoms with Gasteiger partial charge in [-0.3, -0.25) is 4.90 Å². The Bertz CT molecular complexity index is 783. The minimum Gasteiger partial charge on any atom is -0.484 e. The molecule has 0 saturated heterocycles. The molecule has 0 radical (unpaired) electrons. The summed E-state index contributed by atoms with van der Waals surface area (Å²) in [5.41, 5.74) is 1.32. The van der Waals surface area contributed by atoms with Gasteiger partial charge in [0.1, 0.15) is 11.9 Å². The number of fused-ring (bicyclic) bond motifs is 1. The van der Waals surface area contributed by atoms with E-state index < -0.39 is 17.8 Å². The maximum atomic E-state index is 12.9. The molecule has 130 valence electrons. The second-order valence-corrected chi connectivity index (χ2v) is 5.97. The van der Waals surface area contributed by atoms with Crippen molar-refractivity contribution < 1.29 is 17.9 Å². The van der Waals surface area contributed by atoms with Crippen molar-refractivity contribution in [3.8, 4) is 11.8 Å². The highest BCUT2D eigenvalue weighted by Crippen LogP contribution is 2.34. The lowest BCUT2D eigenvalue weighted by molar-refractivity contribution is -0.137. The third kappa shape index (κ3) is 4.12. The monoisotopic (exact) mass is 346 g/mol. The molecule has 3 nitrogen and oxygen atoms in total. The Hall–Kier alpha value is -2.52. The molecule has 1 atom stereocenters. The summed E-state index contributed by atoms with van der Waals surface area (Å²) >= 11 is 0. The van der Waals surface area contributed by atoms with E-state index in [-0.39, 0.29) is 12.3 Å². The first-order valence-corrected chi connectivity index (χ1v) is 7.98. The lowest BCUT2D eigenvalue weighted by Crippen LogP contribution is -2.30. The molecule has 6 heteroatoms. The second kappa shape index (κ2) is 7.16. The Morgan fingerprint density at radius 1 is 1.16 bits per heavy atom. The number of rotatable bonds is 3. The number of ether oxygens (including phenoxy) is 1. The highest BCUT2D eigenvalue weighted by molar-refractivity contribution is 5.34. The van der Waals surface area contributed by atoms with E-state index in [2.05, 4.69) is 6.07 Å². The van der Waals surface area contributed by atoms with Crippen molar-refractivity contribution in [1.82, 2.24) is 4.90 Å². The summed E-state index contributed by atoms with van der Waals surface area (Å²) in [6.07, 6.45) is -4.05. The Morgan fingerprint density at radius 2 is 1.96 bits per heavy atom. The molecule has 0 fully saturated rings. The van der Waals surface area contributed by atoms with E-state index >= 15 is 0 Å². The Balaban J connectivity index is 1.90. The zero-order chi connectivity index (χ0) is 17.9. The fraction of sp³-hybridized carbons (Fsp3) is 0.316. The summed E-state index contributed by atoms with van der Waals surface area (Å²) in [6.45, 7) is 1.43. The average molecular weight is 346 g/mol. The topological polar surface area (TPSA) is 36.3 Å². The van der Waals surface area contributed by atoms with Gasteiger partial charge in [0.05, 0.1) is 18.2 Å². The van der Waals surface area contributed by atoms with Crippen LogP contribution < -0.4 is 4.74 Å². The molecule has 0 saturated carbocycles. The number of nitrogens with zero attached hydrogens (tertiary/aromatic N) is 2. The normalized spacial score (nSPS) is 18.1. The molecule has 1 aliphatic rings. The number of nitriles is 1. The average Bonchev–Trinajstić information content (AvgIpc) is 2.75. The van der Waals surface area contributed by atoms with Gasteiger partial charge in [0.25, 0.3) is 0 Å². The summed E-state index contributed by atoms with van der Waals surface area (Å²) in [7, 11) is 0. The van der Waals surface area contributed by atoms with Crippen LogP contribution in [0.2, 0.25) is 0 Å². The molecule has 0 aromatic heterocycles. The molecule has 1 unspecified atom stereocenters. The van der Waals surface area contributed by atoms with Crippen molar-refractivity contribution in [3.63, 3.8) is 0 Å². The quantitative estimate of drug-likeness (QED) is 0.781. The zero-order valence-electron chi connectivity index (χ0n) is 13.5. The third-order valence-corrected chi connectivity index (χ3v) is 4.26. The zero-order valence-corrected chi connectivity index (χ0v) is 13.5. The number of alkyl halides is 3. The van der Waals surface area contributed by atoms with Crippen LogP contribution in [0.3, 0.4) is 0 Å². The molecule has 2 aromatic rings. The fourth-order valence-electron chi connectivity index (χ4n) is 3.03. The molecular formula is C19H17F3N2O. The predicted molar refractivity (Wildman–Crippen MR) is 87.0 cm³/mol. The van der Waals surface area contributed by atoms with E-state index in [9.17, 15) is 13.2 Å². The van der Waals surface area contributed by atoms with Crippen molar-refractivity contribution in [2.24, 2.45) is 0 Å². The minimum absolute atomic E-state index is 0.174. The van der Waals surface area contributed by atoms with Gasteiger partial charge in [0.15, 0.2) is 0 Å². The van der Waals surface area contributed by atoms with Crippen molar-refractivity contribution in [2.75, 3.05) is 19.6 Å². The minimum atomic E-state index is -4.41. The van der Waals surface area contributed by atoms with E-state index in [0.29, 0.717) is 13.1 Å². The van der Waals surface area contributed by atoms with Gasteiger partial charge in [-0.25, -0.2) is 0 Å². The number of benzene rings is 2. The van der Waals surface area contributed by atoms with Crippen LogP contribution in [0.1, 0.15) is 22.8 Å². The maximum absolute atomic E-state index is 12.9. The lowest BCUT2D eigenvalue weighted by atomic mass is 10.0. The summed E-state index contributed by atoms with van der Waals surface area (Å²) in [5, 5.41) is 8.97. The van der Waals surface area contributed by atoms with Crippen molar-refractivity contribution in [3.05, 3.63) is 65.2 Å². The van der Waals surface area contributed by atoms with Gasteiger partial charge in [-0.15, -0.1) is 0 Å². The molecule has 0 spiro atoms. The third-order valence-electron chi connectivity index (χ3n) is 4.26. The molecular weight excluding hydrogens is 329 g/mol. The number of hydrogen-bond acceptors (Lipinski definition) is 3. The lowest BCUT2D eigenvalue weighted by Gasteiger charge is -2.24. The van der Waals surface area contributed by atoms with Gasteiger partial charge in [-0.2, -0.15) is 18.4 Å². The van der Waals surface area contributed by atoms with E-state index in [4.69, 9.17) is 10.00 Å². The predicted octanol–water partition coefficient (Wildman–Crippen LogP) is 4.21. The second-order valence-electron chi connectivity index (χ2n) is 5.97. The molecule has 1 heterocycles. The van der Waals surface area contributed by atoms with Gasteiger partial charge in [0.2, 0.25) is 0 Å². The van der Waals surface area contributed by atoms with Crippen LogP contribution in [-0.4, -0.2) is 24.5 Å². The van der Waals surface area contributed by atoms with E-state index in [1.807, 2.05) is 29.2 Å². The summed E-state index contributed by atoms with van der Waals surface area (Å²) in [5.74, 6) is 0.174. The maximum Gasteiger partial charge on any atom is 0.416 e. The highest BCUT2D eigenvalue weighted by atomic mass is 19.4.